The summed E-state index contributed by atoms with van der Waals surface area (Å²) in [4.78, 5) is 38.3. The van der Waals surface area contributed by atoms with Crippen LogP contribution in [-0.4, -0.2) is 34.5 Å². The van der Waals surface area contributed by atoms with Crippen LogP contribution < -0.4 is 10.9 Å². The van der Waals surface area contributed by atoms with Gasteiger partial charge in [0, 0.05) is 16.8 Å². The third-order valence-electron chi connectivity index (χ3n) is 4.21. The summed E-state index contributed by atoms with van der Waals surface area (Å²) in [5.74, 6) is -1.20. The molecule has 0 fully saturated rings. The van der Waals surface area contributed by atoms with Crippen LogP contribution in [0.25, 0.3) is 10.8 Å². The zero-order chi connectivity index (χ0) is 20.8. The molecule has 1 aromatic heterocycles. The van der Waals surface area contributed by atoms with E-state index in [0.717, 1.165) is 4.90 Å². The number of benzene rings is 2. The van der Waals surface area contributed by atoms with Gasteiger partial charge in [-0.1, -0.05) is 37.3 Å². The third kappa shape index (κ3) is 4.65. The molecule has 0 atom stereocenters. The molecule has 0 aliphatic carbocycles. The second-order valence-electron chi connectivity index (χ2n) is 6.25. The second-order valence-corrected chi connectivity index (χ2v) is 7.10. The molecule has 1 N–H and O–H groups in total. The number of nitrogens with one attached hydrogen (secondary N) is 1. The molecule has 0 aliphatic heterocycles. The number of hydrogen-bond donors (Lipinski definition) is 1. The molecule has 0 saturated heterocycles. The predicted molar refractivity (Wildman–Crippen MR) is 113 cm³/mol. The van der Waals surface area contributed by atoms with Crippen LogP contribution in [0.4, 0.5) is 5.69 Å². The van der Waals surface area contributed by atoms with Crippen molar-refractivity contribution >= 4 is 40.1 Å². The Hall–Kier alpha value is -3.13. The van der Waals surface area contributed by atoms with Crippen LogP contribution in [0.3, 0.4) is 0 Å². The van der Waals surface area contributed by atoms with E-state index in [1.54, 1.807) is 30.3 Å². The van der Waals surface area contributed by atoms with Gasteiger partial charge in [-0.3, -0.25) is 9.59 Å². The first-order valence-corrected chi connectivity index (χ1v) is 10.4. The van der Waals surface area contributed by atoms with Gasteiger partial charge in [0.05, 0.1) is 11.1 Å². The van der Waals surface area contributed by atoms with E-state index in [4.69, 9.17) is 4.74 Å². The van der Waals surface area contributed by atoms with Gasteiger partial charge in [0.15, 0.2) is 12.3 Å². The lowest BCUT2D eigenvalue weighted by atomic mass is 10.1. The number of para-hydroxylation sites is 1. The van der Waals surface area contributed by atoms with Gasteiger partial charge in [-0.2, -0.15) is 5.10 Å². The minimum Gasteiger partial charge on any atom is -0.451 e. The van der Waals surface area contributed by atoms with Crippen LogP contribution in [0.5, 0.6) is 0 Å². The van der Waals surface area contributed by atoms with Crippen molar-refractivity contribution in [3.8, 4) is 0 Å². The lowest BCUT2D eigenvalue weighted by Crippen LogP contribution is -2.27. The van der Waals surface area contributed by atoms with Crippen LogP contribution in [0.15, 0.2) is 58.2 Å². The fourth-order valence-electron chi connectivity index (χ4n) is 2.88. The lowest BCUT2D eigenvalue weighted by molar-refractivity contribution is -0.119. The van der Waals surface area contributed by atoms with E-state index in [1.807, 2.05) is 31.4 Å². The van der Waals surface area contributed by atoms with Gasteiger partial charge in [-0.05, 0) is 30.9 Å². The highest BCUT2D eigenvalue weighted by molar-refractivity contribution is 7.98. The first-order chi connectivity index (χ1) is 14.0. The first-order valence-electron chi connectivity index (χ1n) is 9.15. The molecule has 1 heterocycles. The number of aromatic nitrogens is 2. The molecule has 1 amide bonds. The van der Waals surface area contributed by atoms with E-state index in [9.17, 15) is 14.4 Å². The summed E-state index contributed by atoms with van der Waals surface area (Å²) >= 11 is 1.50. The Morgan fingerprint density at radius 3 is 2.52 bits per heavy atom. The molecular weight excluding hydrogens is 390 g/mol. The zero-order valence-corrected chi connectivity index (χ0v) is 17.0. The van der Waals surface area contributed by atoms with Gasteiger partial charge in [-0.15, -0.1) is 11.8 Å². The summed E-state index contributed by atoms with van der Waals surface area (Å²) in [7, 11) is 0. The van der Waals surface area contributed by atoms with Gasteiger partial charge >= 0.3 is 5.97 Å². The Labute approximate surface area is 172 Å². The molecule has 0 bridgehead atoms. The number of ether oxygens (including phenoxy) is 1. The summed E-state index contributed by atoms with van der Waals surface area (Å²) in [5.41, 5.74) is 0.414. The highest BCUT2D eigenvalue weighted by Crippen LogP contribution is 2.24. The normalized spacial score (nSPS) is 10.7. The zero-order valence-electron chi connectivity index (χ0n) is 16.2. The third-order valence-corrected chi connectivity index (χ3v) is 5.01. The van der Waals surface area contributed by atoms with Crippen LogP contribution >= 0.6 is 11.8 Å². The van der Waals surface area contributed by atoms with Crippen molar-refractivity contribution in [1.82, 2.24) is 9.78 Å². The van der Waals surface area contributed by atoms with E-state index >= 15 is 0 Å². The van der Waals surface area contributed by atoms with E-state index < -0.39 is 18.5 Å². The molecule has 7 nitrogen and oxygen atoms in total. The molecule has 150 valence electrons. The van der Waals surface area contributed by atoms with Crippen molar-refractivity contribution in [2.75, 3.05) is 18.2 Å². The maximum Gasteiger partial charge on any atom is 0.359 e. The molecule has 29 heavy (non-hydrogen) atoms. The molecule has 2 aromatic carbocycles. The fraction of sp³-hybridized carbons (Fsp3) is 0.238. The molecule has 0 saturated carbocycles. The highest BCUT2D eigenvalue weighted by Gasteiger charge is 2.19. The molecule has 8 heteroatoms. The summed E-state index contributed by atoms with van der Waals surface area (Å²) in [5, 5.41) is 7.70. The second kappa shape index (κ2) is 9.38. The van der Waals surface area contributed by atoms with Crippen molar-refractivity contribution in [3.05, 3.63) is 64.6 Å². The Morgan fingerprint density at radius 1 is 1.10 bits per heavy atom. The Bertz CT molecular complexity index is 1110. The summed E-state index contributed by atoms with van der Waals surface area (Å²) < 4.78 is 6.44. The molecule has 0 radical (unpaired) electrons. The number of esters is 1. The number of amides is 1. The van der Waals surface area contributed by atoms with E-state index in [-0.39, 0.29) is 11.3 Å². The number of aryl methyl sites for hydroxylation is 1. The topological polar surface area (TPSA) is 90.3 Å². The van der Waals surface area contributed by atoms with Crippen molar-refractivity contribution in [3.63, 3.8) is 0 Å². The molecule has 0 unspecified atom stereocenters. The van der Waals surface area contributed by atoms with Gasteiger partial charge < -0.3 is 10.1 Å². The van der Waals surface area contributed by atoms with Crippen molar-refractivity contribution in [2.45, 2.75) is 24.8 Å². The maximum atomic E-state index is 12.6. The van der Waals surface area contributed by atoms with Crippen molar-refractivity contribution in [1.29, 1.82) is 0 Å². The minimum absolute atomic E-state index is 0.0194. The molecule has 3 rings (SSSR count). The molecule has 0 aliphatic rings. The largest absolute Gasteiger partial charge is 0.451 e. The average Bonchev–Trinajstić information content (AvgIpc) is 2.74. The quantitative estimate of drug-likeness (QED) is 0.474. The minimum atomic E-state index is -0.751. The van der Waals surface area contributed by atoms with Crippen molar-refractivity contribution < 1.29 is 14.3 Å². The summed E-state index contributed by atoms with van der Waals surface area (Å²) in [6.45, 7) is 1.85. The SMILES string of the molecule is CCCn1nc(C(=O)OCC(=O)Nc2ccccc2SC)c2ccccc2c1=O. The van der Waals surface area contributed by atoms with Gasteiger partial charge in [0.2, 0.25) is 0 Å². The number of fused-ring (bicyclic) bond motifs is 1. The predicted octanol–water partition coefficient (Wildman–Crippen LogP) is 3.32. The summed E-state index contributed by atoms with van der Waals surface area (Å²) in [6, 6.07) is 14.1. The lowest BCUT2D eigenvalue weighted by Gasteiger charge is -2.11. The molecule has 3 aromatic rings. The van der Waals surface area contributed by atoms with Crippen LogP contribution in [0, 0.1) is 0 Å². The number of hydrogen-bond acceptors (Lipinski definition) is 6. The number of anilines is 1. The van der Waals surface area contributed by atoms with Crippen molar-refractivity contribution in [2.24, 2.45) is 0 Å². The molecule has 0 spiro atoms. The number of thioether (sulfide) groups is 1. The van der Waals surface area contributed by atoms with Gasteiger partial charge in [-0.25, -0.2) is 9.48 Å². The Balaban J connectivity index is 1.78. The standard InChI is InChI=1S/C21H21N3O4S/c1-3-12-24-20(26)15-9-5-4-8-14(15)19(23-24)21(27)28-13-18(25)22-16-10-6-7-11-17(16)29-2/h4-11H,3,12-13H2,1-2H3,(H,22,25). The van der Waals surface area contributed by atoms with E-state index in [2.05, 4.69) is 10.4 Å². The number of carbonyl (C=O) groups excluding carboxylic acids is 2. The number of carbonyl (C=O) groups is 2. The Morgan fingerprint density at radius 2 is 1.79 bits per heavy atom. The fourth-order valence-corrected chi connectivity index (χ4v) is 3.44. The summed E-state index contributed by atoms with van der Waals surface area (Å²) in [6.07, 6.45) is 2.60. The maximum absolute atomic E-state index is 12.6. The van der Waals surface area contributed by atoms with Gasteiger partial charge in [0.1, 0.15) is 0 Å². The molecular formula is C21H21N3O4S. The monoisotopic (exact) mass is 411 g/mol. The average molecular weight is 411 g/mol. The smallest absolute Gasteiger partial charge is 0.359 e. The van der Waals surface area contributed by atoms with Crippen LogP contribution in [0.2, 0.25) is 0 Å². The van der Waals surface area contributed by atoms with Crippen LogP contribution in [-0.2, 0) is 16.1 Å². The number of nitrogens with zero attached hydrogens (tertiary/aromatic N) is 2. The highest BCUT2D eigenvalue weighted by atomic mass is 32.2. The Kier molecular flexibility index (Phi) is 6.66. The van der Waals surface area contributed by atoms with E-state index in [0.29, 0.717) is 29.4 Å². The van der Waals surface area contributed by atoms with Gasteiger partial charge in [0.25, 0.3) is 11.5 Å². The first kappa shape index (κ1) is 20.6. The van der Waals surface area contributed by atoms with Crippen LogP contribution in [0.1, 0.15) is 23.8 Å². The number of rotatable bonds is 7. The van der Waals surface area contributed by atoms with E-state index in [1.165, 1.54) is 16.4 Å².